The molecule has 1 rings (SSSR count). The van der Waals surface area contributed by atoms with Crippen molar-refractivity contribution in [3.8, 4) is 0 Å². The first kappa shape index (κ1) is 16.5. The van der Waals surface area contributed by atoms with E-state index in [0.29, 0.717) is 6.42 Å². The van der Waals surface area contributed by atoms with E-state index in [-0.39, 0.29) is 5.97 Å². The topological polar surface area (TPSA) is 62.7 Å². The highest BCUT2D eigenvalue weighted by Gasteiger charge is 2.01. The number of methoxy groups -OCH3 is 1. The van der Waals surface area contributed by atoms with Gasteiger partial charge in [-0.25, -0.2) is 0 Å². The number of hydrogen-bond acceptors (Lipinski definition) is 4. The number of ether oxygens (including phenoxy) is 1. The van der Waals surface area contributed by atoms with Crippen LogP contribution in [0.4, 0.5) is 0 Å². The predicted molar refractivity (Wildman–Crippen MR) is 83.1 cm³/mol. The Kier molecular flexibility index (Phi) is 7.72. The number of aliphatic imine (C=N–C) groups is 1. The van der Waals surface area contributed by atoms with Crippen LogP contribution in [0.1, 0.15) is 29.0 Å². The molecule has 1 aromatic heterocycles. The molecule has 1 heterocycles. The Bertz CT molecular complexity index is 443. The number of esters is 1. The Morgan fingerprint density at radius 3 is 2.75 bits per heavy atom. The molecule has 2 N–H and O–H groups in total. The van der Waals surface area contributed by atoms with Crippen LogP contribution in [0.2, 0.25) is 0 Å². The number of nitrogens with one attached hydrogen (secondary N) is 2. The molecule has 6 heteroatoms. The summed E-state index contributed by atoms with van der Waals surface area (Å²) in [5, 5.41) is 6.50. The average molecular weight is 297 g/mol. The second-order valence-corrected chi connectivity index (χ2v) is 5.77. The number of rotatable bonds is 7. The molecule has 0 aliphatic rings. The van der Waals surface area contributed by atoms with Gasteiger partial charge in [-0.15, -0.1) is 11.3 Å². The molecule has 0 spiro atoms. The highest BCUT2D eigenvalue weighted by atomic mass is 32.1. The summed E-state index contributed by atoms with van der Waals surface area (Å²) in [5.74, 6) is 0.634. The third kappa shape index (κ3) is 6.56. The van der Waals surface area contributed by atoms with E-state index >= 15 is 0 Å². The summed E-state index contributed by atoms with van der Waals surface area (Å²) >= 11 is 1.78. The molecule has 0 bridgehead atoms. The molecule has 112 valence electrons. The summed E-state index contributed by atoms with van der Waals surface area (Å²) in [6, 6.07) is 4.24. The van der Waals surface area contributed by atoms with Gasteiger partial charge in [0.25, 0.3) is 0 Å². The Morgan fingerprint density at radius 2 is 2.15 bits per heavy atom. The fourth-order valence-electron chi connectivity index (χ4n) is 1.67. The van der Waals surface area contributed by atoms with Crippen LogP contribution in [-0.2, 0) is 16.1 Å². The van der Waals surface area contributed by atoms with Crippen molar-refractivity contribution < 1.29 is 9.53 Å². The quantitative estimate of drug-likeness (QED) is 0.350. The summed E-state index contributed by atoms with van der Waals surface area (Å²) in [4.78, 5) is 17.7. The molecule has 0 unspecified atom stereocenters. The molecule has 0 aromatic carbocycles. The Hall–Kier alpha value is -1.56. The van der Waals surface area contributed by atoms with Gasteiger partial charge in [0.1, 0.15) is 0 Å². The first-order chi connectivity index (χ1) is 9.65. The van der Waals surface area contributed by atoms with Crippen molar-refractivity contribution in [1.82, 2.24) is 10.6 Å². The summed E-state index contributed by atoms with van der Waals surface area (Å²) in [5.41, 5.74) is 0. The van der Waals surface area contributed by atoms with E-state index in [1.807, 2.05) is 0 Å². The fourth-order valence-corrected chi connectivity index (χ4v) is 2.50. The van der Waals surface area contributed by atoms with E-state index in [9.17, 15) is 4.79 Å². The van der Waals surface area contributed by atoms with Gasteiger partial charge in [0.2, 0.25) is 0 Å². The highest BCUT2D eigenvalue weighted by molar-refractivity contribution is 7.11. The zero-order valence-electron chi connectivity index (χ0n) is 12.4. The predicted octanol–water partition coefficient (Wildman–Crippen LogP) is 2.06. The van der Waals surface area contributed by atoms with Crippen molar-refractivity contribution in [3.63, 3.8) is 0 Å². The van der Waals surface area contributed by atoms with Crippen LogP contribution >= 0.6 is 11.3 Å². The molecule has 0 amide bonds. The van der Waals surface area contributed by atoms with Gasteiger partial charge in [0.15, 0.2) is 5.96 Å². The zero-order chi connectivity index (χ0) is 14.8. The maximum atomic E-state index is 10.9. The number of nitrogens with zero attached hydrogens (tertiary/aromatic N) is 1. The average Bonchev–Trinajstić information content (AvgIpc) is 2.87. The molecular formula is C14H23N3O2S. The van der Waals surface area contributed by atoms with Crippen molar-refractivity contribution in [3.05, 3.63) is 21.9 Å². The zero-order valence-corrected chi connectivity index (χ0v) is 13.2. The van der Waals surface area contributed by atoms with Crippen LogP contribution in [0.15, 0.2) is 17.1 Å². The molecule has 1 aromatic rings. The summed E-state index contributed by atoms with van der Waals surface area (Å²) < 4.78 is 4.59. The first-order valence-electron chi connectivity index (χ1n) is 6.72. The van der Waals surface area contributed by atoms with Gasteiger partial charge in [-0.3, -0.25) is 9.79 Å². The van der Waals surface area contributed by atoms with Crippen LogP contribution in [-0.4, -0.2) is 32.6 Å². The summed E-state index contributed by atoms with van der Waals surface area (Å²) in [6.45, 7) is 3.67. The number of hydrogen-bond donors (Lipinski definition) is 2. The fraction of sp³-hybridized carbons (Fsp3) is 0.571. The van der Waals surface area contributed by atoms with Gasteiger partial charge in [-0.1, -0.05) is 0 Å². The van der Waals surface area contributed by atoms with E-state index in [4.69, 9.17) is 0 Å². The van der Waals surface area contributed by atoms with E-state index in [0.717, 1.165) is 31.9 Å². The molecule has 0 fully saturated rings. The van der Waals surface area contributed by atoms with Gasteiger partial charge in [0.05, 0.1) is 13.7 Å². The van der Waals surface area contributed by atoms with Crippen LogP contribution in [0.5, 0.6) is 0 Å². The third-order valence-electron chi connectivity index (χ3n) is 2.78. The normalized spacial score (nSPS) is 11.2. The maximum absolute atomic E-state index is 10.9. The number of carbonyl (C=O) groups excluding carboxylic acids is 1. The lowest BCUT2D eigenvalue weighted by Crippen LogP contribution is -2.37. The molecule has 0 radical (unpaired) electrons. The Balaban J connectivity index is 2.15. The molecule has 5 nitrogen and oxygen atoms in total. The number of thiophene rings is 1. The minimum atomic E-state index is -0.152. The van der Waals surface area contributed by atoms with Crippen LogP contribution in [0.25, 0.3) is 0 Å². The molecule has 20 heavy (non-hydrogen) atoms. The second kappa shape index (κ2) is 9.36. The lowest BCUT2D eigenvalue weighted by Gasteiger charge is -2.10. The lowest BCUT2D eigenvalue weighted by molar-refractivity contribution is -0.140. The third-order valence-corrected chi connectivity index (χ3v) is 3.78. The number of unbranched alkanes of at least 4 members (excludes halogenated alkanes) is 1. The van der Waals surface area contributed by atoms with Gasteiger partial charge in [-0.2, -0.15) is 0 Å². The van der Waals surface area contributed by atoms with Crippen molar-refractivity contribution in [1.29, 1.82) is 0 Å². The van der Waals surface area contributed by atoms with E-state index in [2.05, 4.69) is 39.4 Å². The monoisotopic (exact) mass is 297 g/mol. The van der Waals surface area contributed by atoms with Gasteiger partial charge in [-0.05, 0) is 31.9 Å². The van der Waals surface area contributed by atoms with Crippen molar-refractivity contribution >= 4 is 23.3 Å². The summed E-state index contributed by atoms with van der Waals surface area (Å²) in [7, 11) is 3.17. The van der Waals surface area contributed by atoms with E-state index in [1.165, 1.54) is 16.9 Å². The molecule has 0 saturated heterocycles. The van der Waals surface area contributed by atoms with Gasteiger partial charge in [0, 0.05) is 29.8 Å². The first-order valence-corrected chi connectivity index (χ1v) is 7.54. The molecule has 0 aliphatic carbocycles. The van der Waals surface area contributed by atoms with Crippen LogP contribution < -0.4 is 10.6 Å². The molecular weight excluding hydrogens is 274 g/mol. The number of guanidine groups is 1. The minimum Gasteiger partial charge on any atom is -0.469 e. The number of carbonyl (C=O) groups is 1. The standard InChI is InChI=1S/C14H23N3O2S/c1-11-7-8-12(20-11)10-17-14(15-2)16-9-5-4-6-13(18)19-3/h7-8H,4-6,9-10H2,1-3H3,(H2,15,16,17). The Labute approximate surface area is 124 Å². The lowest BCUT2D eigenvalue weighted by atomic mass is 10.2. The highest BCUT2D eigenvalue weighted by Crippen LogP contribution is 2.14. The SMILES string of the molecule is CN=C(NCCCCC(=O)OC)NCc1ccc(C)s1. The van der Waals surface area contributed by atoms with Crippen molar-refractivity contribution in [2.24, 2.45) is 4.99 Å². The van der Waals surface area contributed by atoms with E-state index in [1.54, 1.807) is 18.4 Å². The summed E-state index contributed by atoms with van der Waals surface area (Å²) in [6.07, 6.45) is 2.20. The maximum Gasteiger partial charge on any atom is 0.305 e. The minimum absolute atomic E-state index is 0.152. The molecule has 0 saturated carbocycles. The molecule has 0 atom stereocenters. The van der Waals surface area contributed by atoms with E-state index < -0.39 is 0 Å². The van der Waals surface area contributed by atoms with Crippen molar-refractivity contribution in [2.75, 3.05) is 20.7 Å². The smallest absolute Gasteiger partial charge is 0.305 e. The molecule has 0 aliphatic heterocycles. The van der Waals surface area contributed by atoms with Crippen molar-refractivity contribution in [2.45, 2.75) is 32.7 Å². The number of aryl methyl sites for hydroxylation is 1. The second-order valence-electron chi connectivity index (χ2n) is 4.40. The van der Waals surface area contributed by atoms with Crippen LogP contribution in [0, 0.1) is 6.92 Å². The van der Waals surface area contributed by atoms with Gasteiger partial charge < -0.3 is 15.4 Å². The Morgan fingerprint density at radius 1 is 1.35 bits per heavy atom. The van der Waals surface area contributed by atoms with Crippen LogP contribution in [0.3, 0.4) is 0 Å². The van der Waals surface area contributed by atoms with Gasteiger partial charge >= 0.3 is 5.97 Å². The largest absolute Gasteiger partial charge is 0.469 e.